The molecule has 5 nitrogen and oxygen atoms in total. The van der Waals surface area contributed by atoms with Crippen molar-refractivity contribution in [1.82, 2.24) is 15.0 Å². The third-order valence-corrected chi connectivity index (χ3v) is 5.98. The summed E-state index contributed by atoms with van der Waals surface area (Å²) in [6.07, 6.45) is 9.35. The molecule has 0 aromatic carbocycles. The molecule has 0 radical (unpaired) electrons. The molecule has 1 heterocycles. The molecule has 0 bridgehead atoms. The highest BCUT2D eigenvalue weighted by Gasteiger charge is 2.57. The summed E-state index contributed by atoms with van der Waals surface area (Å²) < 4.78 is 11.4. The minimum absolute atomic E-state index is 0.383. The molecule has 0 unspecified atom stereocenters. The van der Waals surface area contributed by atoms with Crippen LogP contribution in [0, 0.1) is 5.41 Å². The molecule has 3 saturated carbocycles. The zero-order valence-electron chi connectivity index (χ0n) is 13.8. The Balaban J connectivity index is 1.42. The van der Waals surface area contributed by atoms with Gasteiger partial charge in [0.25, 0.3) is 0 Å². The van der Waals surface area contributed by atoms with Crippen molar-refractivity contribution in [1.29, 1.82) is 0 Å². The van der Waals surface area contributed by atoms with Crippen LogP contribution in [0.2, 0.25) is 0 Å². The number of hydrogen-bond acceptors (Lipinski definition) is 5. The molecule has 5 heteroatoms. The summed E-state index contributed by atoms with van der Waals surface area (Å²) in [7, 11) is 2.21. The highest BCUT2D eigenvalue weighted by atomic mass is 16.5. The first-order chi connectivity index (χ1) is 10.7. The number of rotatable bonds is 6. The molecule has 1 aromatic heterocycles. The molecule has 4 rings (SSSR count). The molecule has 2 atom stereocenters. The van der Waals surface area contributed by atoms with Crippen LogP contribution in [-0.4, -0.2) is 40.8 Å². The van der Waals surface area contributed by atoms with Crippen LogP contribution >= 0.6 is 0 Å². The van der Waals surface area contributed by atoms with E-state index in [0.717, 1.165) is 31.3 Å². The minimum Gasteiger partial charge on any atom is -0.378 e. The van der Waals surface area contributed by atoms with E-state index < -0.39 is 0 Å². The van der Waals surface area contributed by atoms with Gasteiger partial charge >= 0.3 is 0 Å². The van der Waals surface area contributed by atoms with Crippen LogP contribution in [0.5, 0.6) is 0 Å². The largest absolute Gasteiger partial charge is 0.378 e. The van der Waals surface area contributed by atoms with Gasteiger partial charge in [-0.25, -0.2) is 0 Å². The zero-order valence-corrected chi connectivity index (χ0v) is 13.8. The molecular formula is C17H27N3O2. The zero-order chi connectivity index (χ0) is 15.2. The highest BCUT2D eigenvalue weighted by Crippen LogP contribution is 2.56. The van der Waals surface area contributed by atoms with Crippen molar-refractivity contribution < 1.29 is 9.26 Å². The Morgan fingerprint density at radius 3 is 2.77 bits per heavy atom. The van der Waals surface area contributed by atoms with Crippen molar-refractivity contribution in [3.63, 3.8) is 0 Å². The summed E-state index contributed by atoms with van der Waals surface area (Å²) in [6, 6.07) is 0.606. The van der Waals surface area contributed by atoms with Crippen LogP contribution in [-0.2, 0) is 11.3 Å². The van der Waals surface area contributed by atoms with Gasteiger partial charge in [0.1, 0.15) is 0 Å². The summed E-state index contributed by atoms with van der Waals surface area (Å²) in [5, 5.41) is 4.17. The average molecular weight is 305 g/mol. The number of ether oxygens (including phenoxy) is 1. The fourth-order valence-corrected chi connectivity index (χ4v) is 4.63. The van der Waals surface area contributed by atoms with Crippen molar-refractivity contribution in [2.24, 2.45) is 5.41 Å². The SMILES string of the molecule is CCO[C@H]1C[C@@H](N(C)Cc2noc(C3CC3)n2)C12CCCC2. The smallest absolute Gasteiger partial charge is 0.229 e. The van der Waals surface area contributed by atoms with E-state index in [1.54, 1.807) is 0 Å². The molecule has 1 aromatic rings. The molecule has 3 fully saturated rings. The predicted molar refractivity (Wildman–Crippen MR) is 82.5 cm³/mol. The summed E-state index contributed by atoms with van der Waals surface area (Å²) >= 11 is 0. The van der Waals surface area contributed by atoms with Crippen LogP contribution in [0.25, 0.3) is 0 Å². The molecule has 22 heavy (non-hydrogen) atoms. The number of hydrogen-bond donors (Lipinski definition) is 0. The molecule has 0 aliphatic heterocycles. The minimum atomic E-state index is 0.383. The lowest BCUT2D eigenvalue weighted by molar-refractivity contribution is -0.162. The van der Waals surface area contributed by atoms with Crippen LogP contribution in [0.4, 0.5) is 0 Å². The fourth-order valence-electron chi connectivity index (χ4n) is 4.63. The van der Waals surface area contributed by atoms with E-state index in [1.807, 2.05) is 0 Å². The summed E-state index contributed by atoms with van der Waals surface area (Å²) in [4.78, 5) is 7.01. The Morgan fingerprint density at radius 2 is 2.09 bits per heavy atom. The van der Waals surface area contributed by atoms with Gasteiger partial charge in [0, 0.05) is 24.0 Å². The van der Waals surface area contributed by atoms with E-state index in [0.29, 0.717) is 23.5 Å². The molecule has 3 aliphatic carbocycles. The predicted octanol–water partition coefficient (Wildman–Crippen LogP) is 3.12. The molecule has 0 amide bonds. The maximum Gasteiger partial charge on any atom is 0.229 e. The van der Waals surface area contributed by atoms with E-state index in [2.05, 4.69) is 29.0 Å². The van der Waals surface area contributed by atoms with Crippen molar-refractivity contribution in [2.45, 2.75) is 76.5 Å². The van der Waals surface area contributed by atoms with Gasteiger partial charge in [-0.1, -0.05) is 18.0 Å². The average Bonchev–Trinajstić information content (AvgIpc) is 3.02. The van der Waals surface area contributed by atoms with Crippen molar-refractivity contribution in [3.05, 3.63) is 11.7 Å². The van der Waals surface area contributed by atoms with Gasteiger partial charge in [-0.3, -0.25) is 4.90 Å². The quantitative estimate of drug-likeness (QED) is 0.808. The van der Waals surface area contributed by atoms with Crippen molar-refractivity contribution in [2.75, 3.05) is 13.7 Å². The Hall–Kier alpha value is -0.940. The fraction of sp³-hybridized carbons (Fsp3) is 0.882. The second kappa shape index (κ2) is 5.60. The van der Waals surface area contributed by atoms with Gasteiger partial charge in [0.05, 0.1) is 12.6 Å². The number of aromatic nitrogens is 2. The Kier molecular flexibility index (Phi) is 3.73. The molecule has 122 valence electrons. The first-order valence-electron chi connectivity index (χ1n) is 8.87. The van der Waals surface area contributed by atoms with E-state index in [9.17, 15) is 0 Å². The molecular weight excluding hydrogens is 278 g/mol. The standard InChI is InChI=1S/C17H27N3O2/c1-3-21-14-10-13(17(14)8-4-5-9-17)20(2)11-15-18-16(22-19-15)12-6-7-12/h12-14H,3-11H2,1-2H3/t13-,14+/m1/s1. The van der Waals surface area contributed by atoms with E-state index in [1.165, 1.54) is 38.5 Å². The molecule has 0 N–H and O–H groups in total. The first-order valence-corrected chi connectivity index (χ1v) is 8.87. The lowest BCUT2D eigenvalue weighted by Crippen LogP contribution is -2.62. The molecule has 3 aliphatic rings. The van der Waals surface area contributed by atoms with Crippen LogP contribution in [0.15, 0.2) is 4.52 Å². The van der Waals surface area contributed by atoms with Gasteiger partial charge in [0.2, 0.25) is 5.89 Å². The summed E-state index contributed by atoms with van der Waals surface area (Å²) in [5.41, 5.74) is 0.383. The van der Waals surface area contributed by atoms with E-state index in [4.69, 9.17) is 9.26 Å². The monoisotopic (exact) mass is 305 g/mol. The molecule has 1 spiro atoms. The van der Waals surface area contributed by atoms with Gasteiger partial charge in [-0.05, 0) is 46.1 Å². The summed E-state index contributed by atoms with van der Waals surface area (Å²) in [6.45, 7) is 3.73. The van der Waals surface area contributed by atoms with Gasteiger partial charge in [0.15, 0.2) is 5.82 Å². The van der Waals surface area contributed by atoms with Crippen LogP contribution < -0.4 is 0 Å². The van der Waals surface area contributed by atoms with Crippen LogP contribution in [0.3, 0.4) is 0 Å². The third-order valence-electron chi connectivity index (χ3n) is 5.98. The van der Waals surface area contributed by atoms with E-state index >= 15 is 0 Å². The highest BCUT2D eigenvalue weighted by molar-refractivity contribution is 5.11. The number of nitrogens with zero attached hydrogens (tertiary/aromatic N) is 3. The maximum absolute atomic E-state index is 6.01. The van der Waals surface area contributed by atoms with Gasteiger partial charge < -0.3 is 9.26 Å². The van der Waals surface area contributed by atoms with Crippen molar-refractivity contribution in [3.8, 4) is 0 Å². The van der Waals surface area contributed by atoms with Gasteiger partial charge in [-0.15, -0.1) is 0 Å². The van der Waals surface area contributed by atoms with Gasteiger partial charge in [-0.2, -0.15) is 4.98 Å². The second-order valence-corrected chi connectivity index (χ2v) is 7.37. The second-order valence-electron chi connectivity index (χ2n) is 7.37. The topological polar surface area (TPSA) is 51.4 Å². The first kappa shape index (κ1) is 14.6. The normalized spacial score (nSPS) is 30.1. The lowest BCUT2D eigenvalue weighted by atomic mass is 9.60. The van der Waals surface area contributed by atoms with Crippen LogP contribution in [0.1, 0.15) is 69.5 Å². The maximum atomic E-state index is 6.01. The Morgan fingerprint density at radius 1 is 1.32 bits per heavy atom. The Labute approximate surface area is 132 Å². The van der Waals surface area contributed by atoms with E-state index in [-0.39, 0.29) is 0 Å². The summed E-state index contributed by atoms with van der Waals surface area (Å²) in [5.74, 6) is 2.23. The lowest BCUT2D eigenvalue weighted by Gasteiger charge is -2.57. The molecule has 0 saturated heterocycles. The Bertz CT molecular complexity index is 520. The third kappa shape index (κ3) is 2.38. The van der Waals surface area contributed by atoms with Crippen molar-refractivity contribution >= 4 is 0 Å².